The maximum absolute atomic E-state index is 13.3. The Kier molecular flexibility index (Phi) is 6.31. The molecule has 0 fully saturated rings. The van der Waals surface area contributed by atoms with Gasteiger partial charge < -0.3 is 10.3 Å². The van der Waals surface area contributed by atoms with Crippen molar-refractivity contribution in [1.82, 2.24) is 9.97 Å². The van der Waals surface area contributed by atoms with Crippen molar-refractivity contribution in [3.63, 3.8) is 0 Å². The smallest absolute Gasteiger partial charge is 0.257 e. The monoisotopic (exact) mass is 457 g/mol. The van der Waals surface area contributed by atoms with E-state index in [1.165, 1.54) is 0 Å². The Morgan fingerprint density at radius 3 is 2.71 bits per heavy atom. The quantitative estimate of drug-likeness (QED) is 0.320. The molecule has 164 valence electrons. The van der Waals surface area contributed by atoms with E-state index < -0.39 is 5.92 Å². The number of allylic oxidation sites excluding steroid dienone is 2. The van der Waals surface area contributed by atoms with Crippen molar-refractivity contribution in [2.75, 3.05) is 11.1 Å². The molecule has 0 amide bonds. The first kappa shape index (κ1) is 22.2. The highest BCUT2D eigenvalue weighted by molar-refractivity contribution is 7.99. The summed E-state index contributed by atoms with van der Waals surface area (Å²) in [7, 11) is 0. The lowest BCUT2D eigenvalue weighted by molar-refractivity contribution is -0.118. The minimum Gasteiger partial charge on any atom is -0.343 e. The van der Waals surface area contributed by atoms with E-state index in [1.54, 1.807) is 17.8 Å². The average molecular weight is 458 g/mol. The van der Waals surface area contributed by atoms with Crippen LogP contribution < -0.4 is 10.9 Å². The molecule has 1 aliphatic carbocycles. The van der Waals surface area contributed by atoms with Crippen molar-refractivity contribution in [2.45, 2.75) is 63.9 Å². The molecule has 0 spiro atoms. The maximum Gasteiger partial charge on any atom is 0.257 e. The maximum atomic E-state index is 13.3. The number of halogens is 1. The Hall–Kier alpha value is -2.05. The normalized spacial score (nSPS) is 19.6. The number of aromatic amines is 1. The Morgan fingerprint density at radius 2 is 1.97 bits per heavy atom. The second-order valence-electron chi connectivity index (χ2n) is 9.10. The van der Waals surface area contributed by atoms with Crippen molar-refractivity contribution in [2.24, 2.45) is 5.41 Å². The Morgan fingerprint density at radius 1 is 1.19 bits per heavy atom. The molecule has 0 bridgehead atoms. The predicted molar refractivity (Wildman–Crippen MR) is 127 cm³/mol. The fraction of sp³-hybridized carbons (Fsp3) is 0.458. The number of ketones is 1. The molecule has 0 radical (unpaired) electrons. The van der Waals surface area contributed by atoms with E-state index >= 15 is 0 Å². The van der Waals surface area contributed by atoms with E-state index in [1.807, 2.05) is 18.2 Å². The minimum absolute atomic E-state index is 0.0618. The Bertz CT molecular complexity index is 1110. The number of unbranched alkanes of at least 4 members (excludes halogenated alkanes) is 2. The van der Waals surface area contributed by atoms with Gasteiger partial charge in [0.25, 0.3) is 5.56 Å². The summed E-state index contributed by atoms with van der Waals surface area (Å²) in [5.74, 6) is 0.991. The summed E-state index contributed by atoms with van der Waals surface area (Å²) >= 11 is 8.11. The topological polar surface area (TPSA) is 74.8 Å². The van der Waals surface area contributed by atoms with E-state index in [-0.39, 0.29) is 16.8 Å². The molecule has 0 unspecified atom stereocenters. The molecule has 0 saturated heterocycles. The zero-order valence-corrected chi connectivity index (χ0v) is 19.8. The zero-order valence-electron chi connectivity index (χ0n) is 18.2. The van der Waals surface area contributed by atoms with Gasteiger partial charge >= 0.3 is 0 Å². The molecule has 1 aromatic carbocycles. The van der Waals surface area contributed by atoms with Gasteiger partial charge in [-0.3, -0.25) is 9.59 Å². The molecular weight excluding hydrogens is 430 g/mol. The lowest BCUT2D eigenvalue weighted by atomic mass is 9.69. The number of anilines is 1. The number of aromatic nitrogens is 2. The third-order valence-electron chi connectivity index (χ3n) is 5.90. The lowest BCUT2D eigenvalue weighted by Gasteiger charge is -2.38. The number of rotatable bonds is 6. The molecule has 0 saturated carbocycles. The summed E-state index contributed by atoms with van der Waals surface area (Å²) in [5.41, 5.74) is 2.38. The number of thioether (sulfide) groups is 1. The molecule has 2 aliphatic rings. The number of Topliss-reactive ketones (excluding diaryl/α,β-unsaturated/α-hetero) is 1. The zero-order chi connectivity index (χ0) is 22.2. The second-order valence-corrected chi connectivity index (χ2v) is 10.6. The van der Waals surface area contributed by atoms with E-state index in [2.05, 4.69) is 31.1 Å². The van der Waals surface area contributed by atoms with Crippen LogP contribution >= 0.6 is 23.4 Å². The molecule has 2 N–H and O–H groups in total. The fourth-order valence-electron chi connectivity index (χ4n) is 4.50. The fourth-order valence-corrected chi connectivity index (χ4v) is 5.61. The number of fused-ring (bicyclic) bond motifs is 1. The highest BCUT2D eigenvalue weighted by Gasteiger charge is 2.42. The SMILES string of the molecule is CCCCCSc1nc2c(c(=O)[nH]1)[C@H](c1ccccc1Cl)C1=C(CC(C)(C)CC1=O)N2. The van der Waals surface area contributed by atoms with Gasteiger partial charge in [0.15, 0.2) is 10.9 Å². The number of carbonyl (C=O) groups excluding carboxylic acids is 1. The molecule has 2 heterocycles. The first-order valence-electron chi connectivity index (χ1n) is 10.9. The second kappa shape index (κ2) is 8.83. The molecule has 1 aromatic heterocycles. The lowest BCUT2D eigenvalue weighted by Crippen LogP contribution is -2.37. The van der Waals surface area contributed by atoms with E-state index in [0.717, 1.165) is 42.7 Å². The number of carbonyl (C=O) groups is 1. The van der Waals surface area contributed by atoms with Gasteiger partial charge in [-0.1, -0.05) is 75.2 Å². The predicted octanol–water partition coefficient (Wildman–Crippen LogP) is 5.91. The molecule has 2 aromatic rings. The number of nitrogens with zero attached hydrogens (tertiary/aromatic N) is 1. The molecule has 4 rings (SSSR count). The van der Waals surface area contributed by atoms with Crippen molar-refractivity contribution in [3.05, 3.63) is 62.0 Å². The molecule has 5 nitrogen and oxygen atoms in total. The summed E-state index contributed by atoms with van der Waals surface area (Å²) in [4.78, 5) is 34.2. The van der Waals surface area contributed by atoms with Crippen LogP contribution in [0.15, 0.2) is 45.5 Å². The Labute approximate surface area is 192 Å². The van der Waals surface area contributed by atoms with Gasteiger partial charge in [-0.15, -0.1) is 0 Å². The van der Waals surface area contributed by atoms with Gasteiger partial charge in [0, 0.05) is 34.4 Å². The number of hydrogen-bond acceptors (Lipinski definition) is 5. The number of nitrogens with one attached hydrogen (secondary N) is 2. The molecule has 31 heavy (non-hydrogen) atoms. The summed E-state index contributed by atoms with van der Waals surface area (Å²) < 4.78 is 0. The first-order valence-corrected chi connectivity index (χ1v) is 12.2. The van der Waals surface area contributed by atoms with Gasteiger partial charge in [0.05, 0.1) is 5.56 Å². The number of benzene rings is 1. The number of H-pyrrole nitrogens is 1. The van der Waals surface area contributed by atoms with E-state index in [4.69, 9.17) is 16.6 Å². The third-order valence-corrected chi connectivity index (χ3v) is 7.21. The summed E-state index contributed by atoms with van der Waals surface area (Å²) in [6, 6.07) is 7.44. The van der Waals surface area contributed by atoms with Crippen LogP contribution in [-0.2, 0) is 4.79 Å². The van der Waals surface area contributed by atoms with Crippen LogP contribution in [0, 0.1) is 5.41 Å². The highest BCUT2D eigenvalue weighted by Crippen LogP contribution is 2.48. The van der Waals surface area contributed by atoms with E-state index in [9.17, 15) is 9.59 Å². The summed E-state index contributed by atoms with van der Waals surface area (Å²) in [6.07, 6.45) is 4.55. The third kappa shape index (κ3) is 4.46. The molecular formula is C24H28ClN3O2S. The van der Waals surface area contributed by atoms with Gasteiger partial charge in [0.2, 0.25) is 0 Å². The van der Waals surface area contributed by atoms with Crippen LogP contribution in [-0.4, -0.2) is 21.5 Å². The van der Waals surface area contributed by atoms with Crippen LogP contribution in [0.25, 0.3) is 0 Å². The highest BCUT2D eigenvalue weighted by atomic mass is 35.5. The first-order chi connectivity index (χ1) is 14.8. The van der Waals surface area contributed by atoms with Gasteiger partial charge in [0.1, 0.15) is 5.82 Å². The average Bonchev–Trinajstić information content (AvgIpc) is 2.69. The van der Waals surface area contributed by atoms with Crippen molar-refractivity contribution < 1.29 is 4.79 Å². The van der Waals surface area contributed by atoms with Gasteiger partial charge in [-0.2, -0.15) is 0 Å². The van der Waals surface area contributed by atoms with Crippen LogP contribution in [0.2, 0.25) is 5.02 Å². The van der Waals surface area contributed by atoms with Crippen molar-refractivity contribution in [1.29, 1.82) is 0 Å². The van der Waals surface area contributed by atoms with Crippen LogP contribution in [0.1, 0.15) is 69.9 Å². The minimum atomic E-state index is -0.515. The largest absolute Gasteiger partial charge is 0.343 e. The standard InChI is InChI=1S/C24H28ClN3O2S/c1-4-5-8-11-31-23-27-21-20(22(30)28-23)18(14-9-6-7-10-15(14)25)19-16(26-21)12-24(2,3)13-17(19)29/h6-7,9-10,18H,4-5,8,11-13H2,1-3H3,(H2,26,27,28,30)/t18-/m1/s1. The Balaban J connectivity index is 1.83. The van der Waals surface area contributed by atoms with Crippen LogP contribution in [0.5, 0.6) is 0 Å². The van der Waals surface area contributed by atoms with Crippen molar-refractivity contribution in [3.8, 4) is 0 Å². The summed E-state index contributed by atoms with van der Waals surface area (Å²) in [5, 5.41) is 4.51. The van der Waals surface area contributed by atoms with Crippen LogP contribution in [0.4, 0.5) is 5.82 Å². The van der Waals surface area contributed by atoms with Gasteiger partial charge in [-0.25, -0.2) is 4.98 Å². The van der Waals surface area contributed by atoms with Crippen LogP contribution in [0.3, 0.4) is 0 Å². The van der Waals surface area contributed by atoms with Gasteiger partial charge in [-0.05, 0) is 29.9 Å². The number of hydrogen-bond donors (Lipinski definition) is 2. The molecule has 1 atom stereocenters. The van der Waals surface area contributed by atoms with E-state index in [0.29, 0.717) is 33.6 Å². The summed E-state index contributed by atoms with van der Waals surface area (Å²) in [6.45, 7) is 6.36. The molecule has 1 aliphatic heterocycles. The van der Waals surface area contributed by atoms with Crippen molar-refractivity contribution >= 4 is 35.0 Å². The molecule has 7 heteroatoms.